The van der Waals surface area contributed by atoms with Crippen LogP contribution in [-0.4, -0.2) is 70.8 Å². The minimum atomic E-state index is -0.435. The van der Waals surface area contributed by atoms with Gasteiger partial charge in [-0.05, 0) is 12.1 Å². The SMILES string of the molecule is O=C1NC(=O)C(c2cn(CCOCCOCCO)c3ccccc23)=C1c1cn(CCO)c2ccccc12. The standard InChI is InChI=1S/C28H29N3O6/c32-11-9-30-17-21(19-5-1-3-7-23(19)30)25-26(28(35)29-27(25)34)22-18-31(24-8-4-2-6-20(22)24)10-13-36-15-16-37-14-12-33/h1-8,17-18,32-33H,9-16H2,(H,29,34,35). The lowest BCUT2D eigenvalue weighted by Crippen LogP contribution is -2.22. The predicted molar refractivity (Wildman–Crippen MR) is 140 cm³/mol. The largest absolute Gasteiger partial charge is 0.395 e. The van der Waals surface area contributed by atoms with Gasteiger partial charge in [0.05, 0.1) is 50.8 Å². The van der Waals surface area contributed by atoms with Crippen LogP contribution >= 0.6 is 0 Å². The van der Waals surface area contributed by atoms with E-state index in [1.807, 2.05) is 70.1 Å². The Balaban J connectivity index is 1.55. The fourth-order valence-electron chi connectivity index (χ4n) is 4.89. The Labute approximate surface area is 213 Å². The molecule has 0 bridgehead atoms. The normalized spacial score (nSPS) is 13.9. The second-order valence-corrected chi connectivity index (χ2v) is 8.71. The van der Waals surface area contributed by atoms with Crippen LogP contribution in [0, 0.1) is 0 Å². The summed E-state index contributed by atoms with van der Waals surface area (Å²) in [6.07, 6.45) is 3.73. The van der Waals surface area contributed by atoms with Gasteiger partial charge in [-0.25, -0.2) is 0 Å². The highest BCUT2D eigenvalue weighted by molar-refractivity contribution is 6.50. The number of fused-ring (bicyclic) bond motifs is 2. The number of nitrogens with zero attached hydrogens (tertiary/aromatic N) is 2. The molecule has 0 fully saturated rings. The summed E-state index contributed by atoms with van der Waals surface area (Å²) in [5.74, 6) is -0.867. The zero-order valence-corrected chi connectivity index (χ0v) is 20.4. The van der Waals surface area contributed by atoms with Gasteiger partial charge < -0.3 is 28.8 Å². The molecule has 9 heteroatoms. The summed E-state index contributed by atoms with van der Waals surface area (Å²) in [5.41, 5.74) is 3.82. The molecule has 0 unspecified atom stereocenters. The van der Waals surface area contributed by atoms with E-state index in [1.165, 1.54) is 0 Å². The summed E-state index contributed by atoms with van der Waals surface area (Å²) in [4.78, 5) is 26.3. The average molecular weight is 504 g/mol. The molecule has 2 aromatic heterocycles. The Hall–Kier alpha value is -3.76. The molecule has 0 radical (unpaired) electrons. The van der Waals surface area contributed by atoms with Gasteiger partial charge in [0.15, 0.2) is 0 Å². The summed E-state index contributed by atoms with van der Waals surface area (Å²) in [6.45, 7) is 2.40. The number of imide groups is 1. The maximum Gasteiger partial charge on any atom is 0.259 e. The second-order valence-electron chi connectivity index (χ2n) is 8.71. The first-order chi connectivity index (χ1) is 18.1. The van der Waals surface area contributed by atoms with Crippen LogP contribution in [-0.2, 0) is 32.2 Å². The van der Waals surface area contributed by atoms with Crippen LogP contribution in [0.1, 0.15) is 11.1 Å². The molecule has 0 saturated carbocycles. The third kappa shape index (κ3) is 4.82. The minimum Gasteiger partial charge on any atom is -0.395 e. The van der Waals surface area contributed by atoms with Gasteiger partial charge in [0.25, 0.3) is 11.8 Å². The molecule has 2 aromatic carbocycles. The Morgan fingerprint density at radius 3 is 1.70 bits per heavy atom. The highest BCUT2D eigenvalue weighted by Gasteiger charge is 2.35. The summed E-state index contributed by atoms with van der Waals surface area (Å²) in [5, 5.41) is 22.5. The number of hydrogen-bond donors (Lipinski definition) is 3. The topological polar surface area (TPSA) is 115 Å². The maximum atomic E-state index is 13.2. The van der Waals surface area contributed by atoms with Crippen molar-refractivity contribution in [3.63, 3.8) is 0 Å². The maximum absolute atomic E-state index is 13.2. The fraction of sp³-hybridized carbons (Fsp3) is 0.286. The van der Waals surface area contributed by atoms with Crippen LogP contribution in [0.2, 0.25) is 0 Å². The van der Waals surface area contributed by atoms with Crippen molar-refractivity contribution >= 4 is 44.8 Å². The zero-order chi connectivity index (χ0) is 25.8. The van der Waals surface area contributed by atoms with Crippen molar-refractivity contribution in [1.29, 1.82) is 0 Å². The van der Waals surface area contributed by atoms with Gasteiger partial charge in [-0.3, -0.25) is 14.9 Å². The summed E-state index contributed by atoms with van der Waals surface area (Å²) >= 11 is 0. The number of carbonyl (C=O) groups is 2. The van der Waals surface area contributed by atoms with Crippen LogP contribution in [0.4, 0.5) is 0 Å². The van der Waals surface area contributed by atoms with Gasteiger partial charge >= 0.3 is 0 Å². The Bertz CT molecular complexity index is 1480. The van der Waals surface area contributed by atoms with E-state index in [9.17, 15) is 14.7 Å². The number of ether oxygens (including phenoxy) is 2. The molecule has 3 heterocycles. The third-order valence-electron chi connectivity index (χ3n) is 6.47. The highest BCUT2D eigenvalue weighted by Crippen LogP contribution is 2.38. The van der Waals surface area contributed by atoms with Gasteiger partial charge in [0.2, 0.25) is 0 Å². The van der Waals surface area contributed by atoms with Crippen LogP contribution < -0.4 is 5.32 Å². The molecular formula is C28H29N3O6. The molecule has 0 atom stereocenters. The van der Waals surface area contributed by atoms with Crippen molar-refractivity contribution in [2.24, 2.45) is 0 Å². The van der Waals surface area contributed by atoms with Crippen LogP contribution in [0.15, 0.2) is 60.9 Å². The smallest absolute Gasteiger partial charge is 0.259 e. The molecule has 1 aliphatic rings. The van der Waals surface area contributed by atoms with Gasteiger partial charge in [-0.15, -0.1) is 0 Å². The first kappa shape index (κ1) is 24.9. The van der Waals surface area contributed by atoms with Crippen molar-refractivity contribution < 1.29 is 29.3 Å². The van der Waals surface area contributed by atoms with Crippen LogP contribution in [0.5, 0.6) is 0 Å². The molecule has 0 spiro atoms. The number of benzene rings is 2. The molecule has 37 heavy (non-hydrogen) atoms. The van der Waals surface area contributed by atoms with Crippen LogP contribution in [0.3, 0.4) is 0 Å². The first-order valence-corrected chi connectivity index (χ1v) is 12.3. The molecule has 4 aromatic rings. The lowest BCUT2D eigenvalue weighted by Gasteiger charge is -2.07. The minimum absolute atomic E-state index is 0.0198. The van der Waals surface area contributed by atoms with E-state index in [4.69, 9.17) is 14.6 Å². The molecule has 1 aliphatic heterocycles. The first-order valence-electron chi connectivity index (χ1n) is 12.3. The summed E-state index contributed by atoms with van der Waals surface area (Å²) in [6, 6.07) is 15.4. The molecule has 0 aliphatic carbocycles. The number of carbonyl (C=O) groups excluding carboxylic acids is 2. The fourth-order valence-corrected chi connectivity index (χ4v) is 4.89. The molecular weight excluding hydrogens is 474 g/mol. The van der Waals surface area contributed by atoms with E-state index in [1.54, 1.807) is 0 Å². The van der Waals surface area contributed by atoms with E-state index in [-0.39, 0.29) is 19.8 Å². The number of para-hydroxylation sites is 2. The van der Waals surface area contributed by atoms with Crippen molar-refractivity contribution in [2.45, 2.75) is 13.1 Å². The quantitative estimate of drug-likeness (QED) is 0.202. The van der Waals surface area contributed by atoms with Crippen molar-refractivity contribution in [3.8, 4) is 0 Å². The zero-order valence-electron chi connectivity index (χ0n) is 20.4. The highest BCUT2D eigenvalue weighted by atomic mass is 16.5. The molecule has 192 valence electrons. The Kier molecular flexibility index (Phi) is 7.47. The number of amides is 2. The molecule has 3 N–H and O–H groups in total. The molecule has 0 saturated heterocycles. The second kappa shape index (κ2) is 11.1. The van der Waals surface area contributed by atoms with Gasteiger partial charge in [0.1, 0.15) is 0 Å². The van der Waals surface area contributed by atoms with E-state index in [0.717, 1.165) is 21.8 Å². The Morgan fingerprint density at radius 1 is 0.649 bits per heavy atom. The number of nitrogens with one attached hydrogen (secondary N) is 1. The average Bonchev–Trinajstić information content (AvgIpc) is 3.54. The monoisotopic (exact) mass is 503 g/mol. The van der Waals surface area contributed by atoms with Crippen LogP contribution in [0.25, 0.3) is 33.0 Å². The van der Waals surface area contributed by atoms with Gasteiger partial charge in [-0.2, -0.15) is 0 Å². The van der Waals surface area contributed by atoms with Crippen molar-refractivity contribution in [2.75, 3.05) is 39.6 Å². The molecule has 9 nitrogen and oxygen atoms in total. The number of hydrogen-bond acceptors (Lipinski definition) is 6. The van der Waals surface area contributed by atoms with E-state index in [0.29, 0.717) is 55.2 Å². The lowest BCUT2D eigenvalue weighted by atomic mass is 9.95. The molecule has 2 amide bonds. The van der Waals surface area contributed by atoms with E-state index < -0.39 is 11.8 Å². The third-order valence-corrected chi connectivity index (χ3v) is 6.47. The summed E-state index contributed by atoms with van der Waals surface area (Å²) in [7, 11) is 0. The van der Waals surface area contributed by atoms with Gasteiger partial charge in [-0.1, -0.05) is 36.4 Å². The Morgan fingerprint density at radius 2 is 1.16 bits per heavy atom. The van der Waals surface area contributed by atoms with E-state index in [2.05, 4.69) is 5.32 Å². The van der Waals surface area contributed by atoms with E-state index >= 15 is 0 Å². The van der Waals surface area contributed by atoms with Crippen molar-refractivity contribution in [1.82, 2.24) is 14.5 Å². The predicted octanol–water partition coefficient (Wildman–Crippen LogP) is 2.18. The summed E-state index contributed by atoms with van der Waals surface area (Å²) < 4.78 is 14.8. The number of aliphatic hydroxyl groups is 2. The number of aliphatic hydroxyl groups excluding tert-OH is 2. The van der Waals surface area contributed by atoms with Crippen molar-refractivity contribution in [3.05, 3.63) is 72.1 Å². The molecule has 5 rings (SSSR count). The number of rotatable bonds is 12. The number of aromatic nitrogens is 2. The van der Waals surface area contributed by atoms with Gasteiger partial charge in [0, 0.05) is 58.4 Å². The lowest BCUT2D eigenvalue weighted by molar-refractivity contribution is -0.122.